The molecule has 1 N–H and O–H groups in total. The second-order valence-corrected chi connectivity index (χ2v) is 7.82. The van der Waals surface area contributed by atoms with E-state index in [1.165, 1.54) is 11.8 Å². The number of halogens is 1. The van der Waals surface area contributed by atoms with Crippen molar-refractivity contribution in [3.8, 4) is 0 Å². The number of thioether (sulfide) groups is 1. The van der Waals surface area contributed by atoms with Crippen molar-refractivity contribution in [2.45, 2.75) is 51.0 Å². The third-order valence-electron chi connectivity index (χ3n) is 4.60. The van der Waals surface area contributed by atoms with Crippen molar-refractivity contribution in [1.29, 1.82) is 0 Å². The number of imidazole rings is 1. The smallest absolute Gasteiger partial charge is 0.230 e. The lowest BCUT2D eigenvalue weighted by molar-refractivity contribution is -0.118. The Morgan fingerprint density at radius 3 is 2.96 bits per heavy atom. The highest BCUT2D eigenvalue weighted by Gasteiger charge is 2.20. The van der Waals surface area contributed by atoms with Gasteiger partial charge in [-0.25, -0.2) is 4.98 Å². The van der Waals surface area contributed by atoms with E-state index >= 15 is 0 Å². The van der Waals surface area contributed by atoms with Gasteiger partial charge < -0.3 is 14.6 Å². The molecule has 3 rings (SSSR count). The zero-order valence-corrected chi connectivity index (χ0v) is 16.7. The molecule has 0 spiro atoms. The molecule has 1 aromatic carbocycles. The maximum absolute atomic E-state index is 12.2. The standard InChI is InChI=1S/C19H24ClN3O2S/c1-13-14(2)23(11-16-7-5-9-25-16)19(22-13)26-12-18(24)21-10-15-6-3-4-8-17(15)20/h3-4,6,8,16H,5,7,9-12H2,1-2H3,(H,21,24). The van der Waals surface area contributed by atoms with Crippen LogP contribution in [0.3, 0.4) is 0 Å². The van der Waals surface area contributed by atoms with Gasteiger partial charge in [-0.1, -0.05) is 41.6 Å². The van der Waals surface area contributed by atoms with Crippen molar-refractivity contribution in [2.75, 3.05) is 12.4 Å². The number of aromatic nitrogens is 2. The first-order chi connectivity index (χ1) is 12.5. The fourth-order valence-electron chi connectivity index (χ4n) is 2.96. The first-order valence-electron chi connectivity index (χ1n) is 8.83. The van der Waals surface area contributed by atoms with E-state index in [1.807, 2.05) is 31.2 Å². The largest absolute Gasteiger partial charge is 0.376 e. The number of hydrogen-bond acceptors (Lipinski definition) is 4. The van der Waals surface area contributed by atoms with Crippen molar-refractivity contribution in [2.24, 2.45) is 0 Å². The molecule has 1 fully saturated rings. The Morgan fingerprint density at radius 1 is 1.42 bits per heavy atom. The van der Waals surface area contributed by atoms with E-state index in [1.54, 1.807) is 0 Å². The number of benzene rings is 1. The molecular weight excluding hydrogens is 370 g/mol. The van der Waals surface area contributed by atoms with Gasteiger partial charge in [0.2, 0.25) is 5.91 Å². The minimum atomic E-state index is -0.0307. The molecule has 0 aliphatic carbocycles. The Balaban J connectivity index is 1.56. The molecule has 2 heterocycles. The van der Waals surface area contributed by atoms with Crippen molar-refractivity contribution >= 4 is 29.3 Å². The lowest BCUT2D eigenvalue weighted by Crippen LogP contribution is -2.25. The van der Waals surface area contributed by atoms with Crippen LogP contribution in [0.15, 0.2) is 29.4 Å². The van der Waals surface area contributed by atoms with Crippen LogP contribution in [0.1, 0.15) is 29.8 Å². The lowest BCUT2D eigenvalue weighted by atomic mass is 10.2. The van der Waals surface area contributed by atoms with Gasteiger partial charge in [0.1, 0.15) is 0 Å². The predicted molar refractivity (Wildman–Crippen MR) is 105 cm³/mol. The zero-order valence-electron chi connectivity index (χ0n) is 15.1. The fourth-order valence-corrected chi connectivity index (χ4v) is 4.09. The Bertz CT molecular complexity index is 772. The molecule has 1 aliphatic heterocycles. The number of carbonyl (C=O) groups is 1. The first-order valence-corrected chi connectivity index (χ1v) is 10.2. The summed E-state index contributed by atoms with van der Waals surface area (Å²) in [4.78, 5) is 16.8. The molecule has 0 radical (unpaired) electrons. The number of ether oxygens (including phenoxy) is 1. The second-order valence-electron chi connectivity index (χ2n) is 6.47. The van der Waals surface area contributed by atoms with Gasteiger partial charge in [-0.3, -0.25) is 4.79 Å². The van der Waals surface area contributed by atoms with E-state index in [0.717, 1.165) is 48.1 Å². The molecule has 2 aromatic rings. The van der Waals surface area contributed by atoms with Crippen LogP contribution >= 0.6 is 23.4 Å². The van der Waals surface area contributed by atoms with Gasteiger partial charge in [-0.05, 0) is 38.3 Å². The number of nitrogens with zero attached hydrogens (tertiary/aromatic N) is 2. The molecule has 26 heavy (non-hydrogen) atoms. The van der Waals surface area contributed by atoms with Crippen molar-refractivity contribution in [3.63, 3.8) is 0 Å². The summed E-state index contributed by atoms with van der Waals surface area (Å²) in [6.45, 7) is 6.14. The number of carbonyl (C=O) groups excluding carboxylic acids is 1. The van der Waals surface area contributed by atoms with Gasteiger partial charge in [0.25, 0.3) is 0 Å². The summed E-state index contributed by atoms with van der Waals surface area (Å²) in [5.74, 6) is 0.295. The van der Waals surface area contributed by atoms with Crippen molar-refractivity contribution in [3.05, 3.63) is 46.2 Å². The third kappa shape index (κ3) is 4.81. The van der Waals surface area contributed by atoms with E-state index in [2.05, 4.69) is 21.8 Å². The van der Waals surface area contributed by atoms with Gasteiger partial charge in [0, 0.05) is 23.9 Å². The summed E-state index contributed by atoms with van der Waals surface area (Å²) in [6.07, 6.45) is 2.44. The van der Waals surface area contributed by atoms with Gasteiger partial charge in [-0.15, -0.1) is 0 Å². The summed E-state index contributed by atoms with van der Waals surface area (Å²) in [7, 11) is 0. The Labute approximate surface area is 163 Å². The highest BCUT2D eigenvalue weighted by atomic mass is 35.5. The van der Waals surface area contributed by atoms with Crippen molar-refractivity contribution in [1.82, 2.24) is 14.9 Å². The fraction of sp³-hybridized carbons (Fsp3) is 0.474. The molecule has 1 saturated heterocycles. The quantitative estimate of drug-likeness (QED) is 0.728. The number of aryl methyl sites for hydroxylation is 1. The van der Waals surface area contributed by atoms with Gasteiger partial charge in [0.05, 0.1) is 24.1 Å². The number of nitrogens with one attached hydrogen (secondary N) is 1. The van der Waals surface area contributed by atoms with Crippen LogP contribution in [0.2, 0.25) is 5.02 Å². The molecule has 7 heteroatoms. The number of hydrogen-bond donors (Lipinski definition) is 1. The molecule has 140 valence electrons. The Kier molecular flexibility index (Phi) is 6.62. The molecule has 0 bridgehead atoms. The number of rotatable bonds is 7. The summed E-state index contributed by atoms with van der Waals surface area (Å²) < 4.78 is 7.93. The van der Waals surface area contributed by atoms with E-state index < -0.39 is 0 Å². The van der Waals surface area contributed by atoms with Crippen LogP contribution in [0.4, 0.5) is 0 Å². The molecular formula is C19H24ClN3O2S. The predicted octanol–water partition coefficient (Wildman–Crippen LogP) is 3.74. The SMILES string of the molecule is Cc1nc(SCC(=O)NCc2ccccc2Cl)n(CC2CCCO2)c1C. The summed E-state index contributed by atoms with van der Waals surface area (Å²) >= 11 is 7.59. The molecule has 1 amide bonds. The monoisotopic (exact) mass is 393 g/mol. The summed E-state index contributed by atoms with van der Waals surface area (Å²) in [5.41, 5.74) is 3.06. The lowest BCUT2D eigenvalue weighted by Gasteiger charge is -2.14. The van der Waals surface area contributed by atoms with Crippen LogP contribution in [0.25, 0.3) is 0 Å². The Morgan fingerprint density at radius 2 is 2.23 bits per heavy atom. The van der Waals surface area contributed by atoms with Crippen LogP contribution in [0.5, 0.6) is 0 Å². The normalized spacial score (nSPS) is 16.8. The average Bonchev–Trinajstić information content (AvgIpc) is 3.23. The highest BCUT2D eigenvalue weighted by Crippen LogP contribution is 2.24. The summed E-state index contributed by atoms with van der Waals surface area (Å²) in [6, 6.07) is 7.53. The topological polar surface area (TPSA) is 56.2 Å². The minimum Gasteiger partial charge on any atom is -0.376 e. The maximum atomic E-state index is 12.2. The Hall–Kier alpha value is -1.50. The molecule has 1 atom stereocenters. The molecule has 1 aromatic heterocycles. The van der Waals surface area contributed by atoms with Crippen LogP contribution < -0.4 is 5.32 Å². The van der Waals surface area contributed by atoms with Crippen molar-refractivity contribution < 1.29 is 9.53 Å². The molecule has 1 aliphatic rings. The zero-order chi connectivity index (χ0) is 18.5. The average molecular weight is 394 g/mol. The first kappa shape index (κ1) is 19.3. The molecule has 5 nitrogen and oxygen atoms in total. The third-order valence-corrected chi connectivity index (χ3v) is 5.94. The van der Waals surface area contributed by atoms with E-state index in [4.69, 9.17) is 16.3 Å². The summed E-state index contributed by atoms with van der Waals surface area (Å²) in [5, 5.41) is 4.46. The second kappa shape index (κ2) is 8.93. The highest BCUT2D eigenvalue weighted by molar-refractivity contribution is 7.99. The van der Waals surface area contributed by atoms with Gasteiger partial charge in [-0.2, -0.15) is 0 Å². The van der Waals surface area contributed by atoms with Gasteiger partial charge >= 0.3 is 0 Å². The van der Waals surface area contributed by atoms with E-state index in [9.17, 15) is 4.79 Å². The minimum absolute atomic E-state index is 0.0307. The number of amides is 1. The van der Waals surface area contributed by atoms with Crippen LogP contribution in [0, 0.1) is 13.8 Å². The van der Waals surface area contributed by atoms with Crippen LogP contribution in [-0.4, -0.2) is 33.9 Å². The molecule has 0 saturated carbocycles. The van der Waals surface area contributed by atoms with Crippen LogP contribution in [-0.2, 0) is 22.6 Å². The van der Waals surface area contributed by atoms with E-state index in [0.29, 0.717) is 17.3 Å². The molecule has 1 unspecified atom stereocenters. The van der Waals surface area contributed by atoms with E-state index in [-0.39, 0.29) is 12.0 Å². The maximum Gasteiger partial charge on any atom is 0.230 e. The van der Waals surface area contributed by atoms with Gasteiger partial charge in [0.15, 0.2) is 5.16 Å².